The standard InChI is InChI=1S/C17H23NO3/c19-17(9-8-15-6-4-12-20-15)21-13-14-5-3-11-18-10-2-1-7-16(14)18/h4,6,8-9,12,14,16H,1-3,5,7,10-11,13H2/b9-8+/t14-,16+/m0/s1. The smallest absolute Gasteiger partial charge is 0.330 e. The summed E-state index contributed by atoms with van der Waals surface area (Å²) in [6, 6.07) is 4.23. The molecule has 0 amide bonds. The molecule has 4 heteroatoms. The Labute approximate surface area is 125 Å². The zero-order chi connectivity index (χ0) is 14.5. The summed E-state index contributed by atoms with van der Waals surface area (Å²) >= 11 is 0. The van der Waals surface area contributed by atoms with Gasteiger partial charge in [-0.15, -0.1) is 0 Å². The predicted octanol–water partition coefficient (Wildman–Crippen LogP) is 3.10. The number of hydrogen-bond donors (Lipinski definition) is 0. The second-order valence-corrected chi connectivity index (χ2v) is 5.98. The summed E-state index contributed by atoms with van der Waals surface area (Å²) in [5.74, 6) is 0.891. The largest absolute Gasteiger partial charge is 0.465 e. The minimum Gasteiger partial charge on any atom is -0.465 e. The fourth-order valence-electron chi connectivity index (χ4n) is 3.55. The molecule has 4 nitrogen and oxygen atoms in total. The highest BCUT2D eigenvalue weighted by Gasteiger charge is 2.33. The number of nitrogens with zero attached hydrogens (tertiary/aromatic N) is 1. The van der Waals surface area contributed by atoms with Gasteiger partial charge < -0.3 is 9.15 Å². The van der Waals surface area contributed by atoms with Crippen LogP contribution in [0.1, 0.15) is 37.9 Å². The Morgan fingerprint density at radius 2 is 2.24 bits per heavy atom. The molecule has 2 saturated heterocycles. The van der Waals surface area contributed by atoms with E-state index in [2.05, 4.69) is 4.90 Å². The molecule has 0 bridgehead atoms. The van der Waals surface area contributed by atoms with Crippen LogP contribution < -0.4 is 0 Å². The number of rotatable bonds is 4. The molecule has 0 aromatic carbocycles. The molecule has 3 rings (SSSR count). The minimum atomic E-state index is -0.278. The van der Waals surface area contributed by atoms with Crippen LogP contribution in [0.25, 0.3) is 6.08 Å². The van der Waals surface area contributed by atoms with Gasteiger partial charge in [-0.3, -0.25) is 4.90 Å². The average Bonchev–Trinajstić information content (AvgIpc) is 3.04. The molecule has 1 aromatic heterocycles. The maximum absolute atomic E-state index is 11.8. The quantitative estimate of drug-likeness (QED) is 0.631. The third-order valence-corrected chi connectivity index (χ3v) is 4.60. The lowest BCUT2D eigenvalue weighted by Crippen LogP contribution is -2.49. The third-order valence-electron chi connectivity index (χ3n) is 4.60. The molecule has 3 heterocycles. The highest BCUT2D eigenvalue weighted by Crippen LogP contribution is 2.30. The van der Waals surface area contributed by atoms with Crippen molar-refractivity contribution in [1.29, 1.82) is 0 Å². The molecule has 0 saturated carbocycles. The van der Waals surface area contributed by atoms with Gasteiger partial charge in [0, 0.05) is 18.0 Å². The van der Waals surface area contributed by atoms with Gasteiger partial charge in [0.2, 0.25) is 0 Å². The van der Waals surface area contributed by atoms with E-state index in [-0.39, 0.29) is 5.97 Å². The molecule has 0 spiro atoms. The lowest BCUT2D eigenvalue weighted by Gasteiger charge is -2.44. The van der Waals surface area contributed by atoms with Crippen molar-refractivity contribution < 1.29 is 13.9 Å². The van der Waals surface area contributed by atoms with Crippen molar-refractivity contribution in [3.8, 4) is 0 Å². The Hall–Kier alpha value is -1.55. The molecule has 114 valence electrons. The molecule has 2 atom stereocenters. The molecule has 0 unspecified atom stereocenters. The second kappa shape index (κ2) is 6.94. The van der Waals surface area contributed by atoms with Gasteiger partial charge in [-0.05, 0) is 57.0 Å². The molecule has 0 radical (unpaired) electrons. The number of carbonyl (C=O) groups is 1. The van der Waals surface area contributed by atoms with Crippen molar-refractivity contribution in [3.05, 3.63) is 30.2 Å². The van der Waals surface area contributed by atoms with Crippen LogP contribution in [-0.2, 0) is 9.53 Å². The number of carbonyl (C=O) groups excluding carboxylic acids is 1. The SMILES string of the molecule is O=C(/C=C/c1ccco1)OC[C@@H]1CCCN2CCCC[C@H]12. The van der Waals surface area contributed by atoms with Gasteiger partial charge in [0.25, 0.3) is 0 Å². The normalized spacial score (nSPS) is 26.7. The van der Waals surface area contributed by atoms with E-state index in [1.54, 1.807) is 18.4 Å². The highest BCUT2D eigenvalue weighted by molar-refractivity contribution is 5.86. The summed E-state index contributed by atoms with van der Waals surface area (Å²) in [5.41, 5.74) is 0. The fourth-order valence-corrected chi connectivity index (χ4v) is 3.55. The van der Waals surface area contributed by atoms with Crippen LogP contribution in [0, 0.1) is 5.92 Å². The second-order valence-electron chi connectivity index (χ2n) is 5.98. The van der Waals surface area contributed by atoms with Crippen molar-refractivity contribution in [2.24, 2.45) is 5.92 Å². The zero-order valence-electron chi connectivity index (χ0n) is 12.4. The van der Waals surface area contributed by atoms with Gasteiger partial charge in [0.15, 0.2) is 0 Å². The maximum Gasteiger partial charge on any atom is 0.330 e. The minimum absolute atomic E-state index is 0.278. The Morgan fingerprint density at radius 1 is 1.33 bits per heavy atom. The van der Waals surface area contributed by atoms with Crippen molar-refractivity contribution >= 4 is 12.0 Å². The van der Waals surface area contributed by atoms with Crippen molar-refractivity contribution in [3.63, 3.8) is 0 Å². The summed E-state index contributed by atoms with van der Waals surface area (Å²) in [6.07, 6.45) is 11.0. The highest BCUT2D eigenvalue weighted by atomic mass is 16.5. The van der Waals surface area contributed by atoms with Crippen LogP contribution in [0.2, 0.25) is 0 Å². The van der Waals surface area contributed by atoms with Crippen molar-refractivity contribution in [2.75, 3.05) is 19.7 Å². The molecule has 1 aromatic rings. The zero-order valence-corrected chi connectivity index (χ0v) is 12.4. The van der Waals surface area contributed by atoms with E-state index < -0.39 is 0 Å². The van der Waals surface area contributed by atoms with E-state index in [0.29, 0.717) is 24.3 Å². The van der Waals surface area contributed by atoms with E-state index in [1.807, 2.05) is 6.07 Å². The Bertz CT molecular complexity index is 478. The van der Waals surface area contributed by atoms with Gasteiger partial charge in [-0.2, -0.15) is 0 Å². The molecule has 2 aliphatic heterocycles. The van der Waals surface area contributed by atoms with Gasteiger partial charge >= 0.3 is 5.97 Å². The van der Waals surface area contributed by atoms with Crippen LogP contribution >= 0.6 is 0 Å². The first-order valence-corrected chi connectivity index (χ1v) is 7.95. The number of ether oxygens (including phenoxy) is 1. The Kier molecular flexibility index (Phi) is 4.76. The van der Waals surface area contributed by atoms with E-state index in [1.165, 1.54) is 51.3 Å². The first kappa shape index (κ1) is 14.4. The maximum atomic E-state index is 11.8. The van der Waals surface area contributed by atoms with E-state index in [9.17, 15) is 4.79 Å². The van der Waals surface area contributed by atoms with E-state index in [4.69, 9.17) is 9.15 Å². The number of piperidine rings is 2. The first-order chi connectivity index (χ1) is 10.3. The van der Waals surface area contributed by atoms with Crippen LogP contribution in [-0.4, -0.2) is 36.6 Å². The third kappa shape index (κ3) is 3.76. The van der Waals surface area contributed by atoms with Gasteiger partial charge in [-0.1, -0.05) is 6.42 Å². The van der Waals surface area contributed by atoms with Crippen LogP contribution in [0.15, 0.2) is 28.9 Å². The molecule has 2 aliphatic rings. The summed E-state index contributed by atoms with van der Waals surface area (Å²) in [6.45, 7) is 2.98. The number of furan rings is 1. The topological polar surface area (TPSA) is 42.7 Å². The Balaban J connectivity index is 1.48. The van der Waals surface area contributed by atoms with Crippen molar-refractivity contribution in [2.45, 2.75) is 38.1 Å². The first-order valence-electron chi connectivity index (χ1n) is 7.95. The Morgan fingerprint density at radius 3 is 3.10 bits per heavy atom. The molecular formula is C17H23NO3. The van der Waals surface area contributed by atoms with Gasteiger partial charge in [-0.25, -0.2) is 4.79 Å². The molecule has 2 fully saturated rings. The van der Waals surface area contributed by atoms with Crippen LogP contribution in [0.3, 0.4) is 0 Å². The number of fused-ring (bicyclic) bond motifs is 1. The lowest BCUT2D eigenvalue weighted by molar-refractivity contribution is -0.140. The predicted molar refractivity (Wildman–Crippen MR) is 80.6 cm³/mol. The summed E-state index contributed by atoms with van der Waals surface area (Å²) in [5, 5.41) is 0. The summed E-state index contributed by atoms with van der Waals surface area (Å²) in [7, 11) is 0. The number of esters is 1. The van der Waals surface area contributed by atoms with Crippen LogP contribution in [0.4, 0.5) is 0 Å². The van der Waals surface area contributed by atoms with E-state index in [0.717, 1.165) is 0 Å². The molecule has 21 heavy (non-hydrogen) atoms. The molecule has 0 N–H and O–H groups in total. The average molecular weight is 289 g/mol. The molecule has 0 aliphatic carbocycles. The van der Waals surface area contributed by atoms with Crippen LogP contribution in [0.5, 0.6) is 0 Å². The summed E-state index contributed by atoms with van der Waals surface area (Å²) < 4.78 is 10.6. The summed E-state index contributed by atoms with van der Waals surface area (Å²) in [4.78, 5) is 14.4. The lowest BCUT2D eigenvalue weighted by atomic mass is 9.84. The van der Waals surface area contributed by atoms with Gasteiger partial charge in [0.05, 0.1) is 12.9 Å². The number of hydrogen-bond acceptors (Lipinski definition) is 4. The van der Waals surface area contributed by atoms with Gasteiger partial charge in [0.1, 0.15) is 5.76 Å². The fraction of sp³-hybridized carbons (Fsp3) is 0.588. The van der Waals surface area contributed by atoms with Crippen molar-refractivity contribution in [1.82, 2.24) is 4.90 Å². The van der Waals surface area contributed by atoms with E-state index >= 15 is 0 Å². The molecular weight excluding hydrogens is 266 g/mol. The monoisotopic (exact) mass is 289 g/mol.